The van der Waals surface area contributed by atoms with Gasteiger partial charge in [-0.05, 0) is 51.5 Å². The average Bonchev–Trinajstić information content (AvgIpc) is 2.87. The number of hydrogen-bond donors (Lipinski definition) is 3. The maximum absolute atomic E-state index is 12.4. The van der Waals surface area contributed by atoms with Crippen molar-refractivity contribution in [3.8, 4) is 0 Å². The lowest BCUT2D eigenvalue weighted by Gasteiger charge is -2.18. The van der Waals surface area contributed by atoms with E-state index in [1.807, 2.05) is 0 Å². The van der Waals surface area contributed by atoms with Crippen LogP contribution in [0.2, 0.25) is 0 Å². The van der Waals surface area contributed by atoms with Gasteiger partial charge in [-0.1, -0.05) is 97.3 Å². The molecule has 0 saturated carbocycles. The van der Waals surface area contributed by atoms with Crippen molar-refractivity contribution in [3.63, 3.8) is 0 Å². The predicted octanol–water partition coefficient (Wildman–Crippen LogP) is 7.05. The third-order valence-corrected chi connectivity index (χ3v) is 6.92. The third-order valence-electron chi connectivity index (χ3n) is 6.92. The highest BCUT2D eigenvalue weighted by molar-refractivity contribution is 5.83. The molecule has 0 aromatic heterocycles. The molecule has 1 amide bonds. The number of unbranched alkanes of at least 4 members (excludes halogenated alkanes) is 13. The minimum atomic E-state index is -1.02. The Morgan fingerprint density at radius 1 is 0.676 bits per heavy atom. The minimum absolute atomic E-state index is 0.0401. The fraction of sp³-hybridized carbons (Fsp3) is 0.900. The van der Waals surface area contributed by atoms with Gasteiger partial charge in [0.05, 0.1) is 0 Å². The molecule has 218 valence electrons. The SMILES string of the molecule is CCCCCCCCCCCCCC(=O)OC(CCCC)CCCCCC(=O)NC(CCCN)C(=O)O. The molecule has 0 aliphatic rings. The molecule has 4 N–H and O–H groups in total. The number of carbonyl (C=O) groups is 3. The lowest BCUT2D eigenvalue weighted by atomic mass is 10.0. The molecule has 0 aliphatic carbocycles. The molecule has 0 aromatic rings. The fourth-order valence-electron chi connectivity index (χ4n) is 4.55. The second-order valence-corrected chi connectivity index (χ2v) is 10.5. The summed E-state index contributed by atoms with van der Waals surface area (Å²) in [7, 11) is 0. The summed E-state index contributed by atoms with van der Waals surface area (Å²) in [6.07, 6.45) is 21.9. The molecule has 0 aliphatic heterocycles. The van der Waals surface area contributed by atoms with Gasteiger partial charge in [0.1, 0.15) is 12.1 Å². The summed E-state index contributed by atoms with van der Waals surface area (Å²) in [5.41, 5.74) is 5.43. The molecule has 0 spiro atoms. The van der Waals surface area contributed by atoms with Gasteiger partial charge in [-0.3, -0.25) is 9.59 Å². The van der Waals surface area contributed by atoms with Gasteiger partial charge in [0, 0.05) is 12.8 Å². The van der Waals surface area contributed by atoms with Gasteiger partial charge in [-0.25, -0.2) is 4.79 Å². The van der Waals surface area contributed by atoms with Gasteiger partial charge < -0.3 is 20.9 Å². The number of hydrogen-bond acceptors (Lipinski definition) is 5. The maximum Gasteiger partial charge on any atom is 0.326 e. The first-order valence-corrected chi connectivity index (χ1v) is 15.4. The summed E-state index contributed by atoms with van der Waals surface area (Å²) in [6, 6.07) is -0.866. The molecule has 0 heterocycles. The highest BCUT2D eigenvalue weighted by Gasteiger charge is 2.19. The number of ether oxygens (including phenoxy) is 1. The van der Waals surface area contributed by atoms with Crippen LogP contribution in [0.25, 0.3) is 0 Å². The molecule has 0 saturated heterocycles. The quantitative estimate of drug-likeness (QED) is 0.0779. The molecular formula is C30H58N2O5. The van der Waals surface area contributed by atoms with Crippen LogP contribution in [0.5, 0.6) is 0 Å². The first kappa shape index (κ1) is 35.4. The average molecular weight is 527 g/mol. The lowest BCUT2D eigenvalue weighted by Crippen LogP contribution is -2.40. The topological polar surface area (TPSA) is 119 Å². The molecule has 7 heteroatoms. The van der Waals surface area contributed by atoms with E-state index in [9.17, 15) is 19.5 Å². The molecule has 7 nitrogen and oxygen atoms in total. The second-order valence-electron chi connectivity index (χ2n) is 10.5. The van der Waals surface area contributed by atoms with E-state index >= 15 is 0 Å². The molecule has 0 fully saturated rings. The van der Waals surface area contributed by atoms with Crippen molar-refractivity contribution in [2.75, 3.05) is 6.54 Å². The van der Waals surface area contributed by atoms with Crippen molar-refractivity contribution in [1.82, 2.24) is 5.32 Å². The van der Waals surface area contributed by atoms with Crippen LogP contribution in [0.4, 0.5) is 0 Å². The number of esters is 1. The molecule has 0 aromatic carbocycles. The van der Waals surface area contributed by atoms with Crippen LogP contribution >= 0.6 is 0 Å². The normalized spacial score (nSPS) is 12.7. The van der Waals surface area contributed by atoms with E-state index < -0.39 is 12.0 Å². The molecular weight excluding hydrogens is 468 g/mol. The summed E-state index contributed by atoms with van der Waals surface area (Å²) in [5.74, 6) is -1.32. The van der Waals surface area contributed by atoms with Gasteiger partial charge in [-0.2, -0.15) is 0 Å². The van der Waals surface area contributed by atoms with Gasteiger partial charge in [-0.15, -0.1) is 0 Å². The van der Waals surface area contributed by atoms with Crippen LogP contribution in [0.1, 0.15) is 155 Å². The highest BCUT2D eigenvalue weighted by Crippen LogP contribution is 2.17. The fourth-order valence-corrected chi connectivity index (χ4v) is 4.55. The van der Waals surface area contributed by atoms with Crippen LogP contribution in [0.15, 0.2) is 0 Å². The third kappa shape index (κ3) is 23.2. The van der Waals surface area contributed by atoms with Crippen molar-refractivity contribution in [2.45, 2.75) is 167 Å². The van der Waals surface area contributed by atoms with Crippen LogP contribution < -0.4 is 11.1 Å². The monoisotopic (exact) mass is 526 g/mol. The number of nitrogens with one attached hydrogen (secondary N) is 1. The second kappa shape index (κ2) is 26.0. The van der Waals surface area contributed by atoms with Crippen LogP contribution in [-0.2, 0) is 19.1 Å². The molecule has 0 radical (unpaired) electrons. The van der Waals surface area contributed by atoms with E-state index in [2.05, 4.69) is 19.2 Å². The lowest BCUT2D eigenvalue weighted by molar-refractivity contribution is -0.150. The van der Waals surface area contributed by atoms with E-state index in [1.165, 1.54) is 57.8 Å². The van der Waals surface area contributed by atoms with Crippen molar-refractivity contribution in [3.05, 3.63) is 0 Å². The summed E-state index contributed by atoms with van der Waals surface area (Å²) in [6.45, 7) is 4.80. The number of carboxylic acid groups (broad SMARTS) is 1. The maximum atomic E-state index is 12.4. The van der Waals surface area contributed by atoms with Crippen molar-refractivity contribution < 1.29 is 24.2 Å². The summed E-state index contributed by atoms with van der Waals surface area (Å²) >= 11 is 0. The summed E-state index contributed by atoms with van der Waals surface area (Å²) in [4.78, 5) is 35.7. The number of nitrogens with two attached hydrogens (primary N) is 1. The molecule has 0 bridgehead atoms. The first-order chi connectivity index (χ1) is 17.9. The zero-order valence-corrected chi connectivity index (χ0v) is 24.1. The van der Waals surface area contributed by atoms with E-state index in [4.69, 9.17) is 10.5 Å². The number of aliphatic carboxylic acids is 1. The highest BCUT2D eigenvalue weighted by atomic mass is 16.5. The van der Waals surface area contributed by atoms with Gasteiger partial charge in [0.25, 0.3) is 0 Å². The molecule has 37 heavy (non-hydrogen) atoms. The number of rotatable bonds is 27. The van der Waals surface area contributed by atoms with E-state index in [0.717, 1.165) is 51.4 Å². The number of amides is 1. The van der Waals surface area contributed by atoms with Crippen molar-refractivity contribution in [2.24, 2.45) is 5.73 Å². The van der Waals surface area contributed by atoms with E-state index in [0.29, 0.717) is 38.6 Å². The van der Waals surface area contributed by atoms with Crippen LogP contribution in [-0.4, -0.2) is 41.6 Å². The Labute approximate surface area is 227 Å². The molecule has 0 rings (SSSR count). The Balaban J connectivity index is 3.98. The Morgan fingerprint density at radius 3 is 1.76 bits per heavy atom. The molecule has 2 atom stereocenters. The number of carboxylic acids is 1. The van der Waals surface area contributed by atoms with Gasteiger partial charge in [0.2, 0.25) is 5.91 Å². The largest absolute Gasteiger partial charge is 0.480 e. The smallest absolute Gasteiger partial charge is 0.326 e. The summed E-state index contributed by atoms with van der Waals surface area (Å²) < 4.78 is 5.79. The van der Waals surface area contributed by atoms with Gasteiger partial charge >= 0.3 is 11.9 Å². The zero-order chi connectivity index (χ0) is 27.6. The Morgan fingerprint density at radius 2 is 1.19 bits per heavy atom. The molecule has 2 unspecified atom stereocenters. The van der Waals surface area contributed by atoms with Crippen LogP contribution in [0, 0.1) is 0 Å². The van der Waals surface area contributed by atoms with E-state index in [-0.39, 0.29) is 18.0 Å². The summed E-state index contributed by atoms with van der Waals surface area (Å²) in [5, 5.41) is 11.8. The van der Waals surface area contributed by atoms with E-state index in [1.54, 1.807) is 0 Å². The minimum Gasteiger partial charge on any atom is -0.480 e. The first-order valence-electron chi connectivity index (χ1n) is 15.4. The Bertz CT molecular complexity index is 570. The number of carbonyl (C=O) groups excluding carboxylic acids is 2. The Kier molecular flexibility index (Phi) is 24.9. The standard InChI is InChI=1S/C30H58N2O5/c1-3-5-7-8-9-10-11-12-13-14-18-24-29(34)37-26(20-6-4-2)21-16-15-17-23-28(33)32-27(30(35)36)22-19-25-31/h26-27H,3-25,31H2,1-2H3,(H,32,33)(H,35,36). The van der Waals surface area contributed by atoms with Crippen LogP contribution in [0.3, 0.4) is 0 Å². The van der Waals surface area contributed by atoms with Crippen molar-refractivity contribution >= 4 is 17.8 Å². The van der Waals surface area contributed by atoms with Gasteiger partial charge in [0.15, 0.2) is 0 Å². The zero-order valence-electron chi connectivity index (χ0n) is 24.1. The van der Waals surface area contributed by atoms with Crippen molar-refractivity contribution in [1.29, 1.82) is 0 Å². The predicted molar refractivity (Wildman–Crippen MR) is 151 cm³/mol. The Hall–Kier alpha value is -1.63.